The van der Waals surface area contributed by atoms with E-state index in [9.17, 15) is 18.9 Å². The monoisotopic (exact) mass is 798 g/mol. The number of ether oxygens (including phenoxy) is 2. The molecule has 306 valence electrons. The number of nitrogens with one attached hydrogen (secondary N) is 3. The third-order valence-electron chi connectivity index (χ3n) is 7.83. The minimum absolute atomic E-state index is 0.0289. The number of fused-ring (bicyclic) bond motifs is 4. The van der Waals surface area contributed by atoms with E-state index < -0.39 is 0 Å². The first kappa shape index (κ1) is 48.7. The van der Waals surface area contributed by atoms with Gasteiger partial charge in [-0.3, -0.25) is 19.3 Å². The summed E-state index contributed by atoms with van der Waals surface area (Å²) in [7, 11) is 5.95. The largest absolute Gasteiger partial charge is 0.492 e. The fraction of sp³-hybridized carbons (Fsp3) is 0.366. The molecule has 6 rings (SSSR count). The van der Waals surface area contributed by atoms with Gasteiger partial charge >= 0.3 is 0 Å². The van der Waals surface area contributed by atoms with Gasteiger partial charge in [0.05, 0.1) is 25.5 Å². The predicted octanol–water partition coefficient (Wildman–Crippen LogP) is 6.31. The fourth-order valence-corrected chi connectivity index (χ4v) is 5.24. The first-order chi connectivity index (χ1) is 27.3. The van der Waals surface area contributed by atoms with Crippen LogP contribution in [0.25, 0.3) is 16.4 Å². The Balaban J connectivity index is 0.000000381. The lowest BCUT2D eigenvalue weighted by Crippen LogP contribution is -2.18. The highest BCUT2D eigenvalue weighted by Crippen LogP contribution is 2.40. The smallest absolute Gasteiger partial charge is 0.207 e. The number of hydrogen-bond acceptors (Lipinski definition) is 11. The molecule has 56 heavy (non-hydrogen) atoms. The van der Waals surface area contributed by atoms with Gasteiger partial charge in [0.1, 0.15) is 30.0 Å². The van der Waals surface area contributed by atoms with Crippen molar-refractivity contribution in [3.05, 3.63) is 95.4 Å². The summed E-state index contributed by atoms with van der Waals surface area (Å²) in [5, 5.41) is 19.4. The Bertz CT molecular complexity index is 1860. The third-order valence-corrected chi connectivity index (χ3v) is 7.83. The number of nitrogens with zero attached hydrogens (tertiary/aromatic N) is 3. The molecule has 2 aromatic heterocycles. The maximum Gasteiger partial charge on any atom is 0.207 e. The van der Waals surface area contributed by atoms with Gasteiger partial charge in [0.25, 0.3) is 0 Å². The van der Waals surface area contributed by atoms with Crippen molar-refractivity contribution in [3.8, 4) is 11.5 Å². The second kappa shape index (κ2) is 29.1. The van der Waals surface area contributed by atoms with Crippen molar-refractivity contribution < 1.29 is 38.4 Å². The van der Waals surface area contributed by atoms with E-state index in [2.05, 4.69) is 80.6 Å². The number of aromatic nitrogens is 2. The Kier molecular flexibility index (Phi) is 25.3. The summed E-state index contributed by atoms with van der Waals surface area (Å²) in [5.41, 5.74) is 6.86. The zero-order chi connectivity index (χ0) is 41.7. The SMILES string of the molecule is CC.CCl.CNCCOc1cc2c(c3c(C)cccc13)CCN2C.CNc1ccc2nc(C=O)cn2c1.O=CNCCOCCO.O=Cc1ccc(OF)cc1. The van der Waals surface area contributed by atoms with Crippen molar-refractivity contribution in [1.82, 2.24) is 20.0 Å². The van der Waals surface area contributed by atoms with Crippen LogP contribution in [0.2, 0.25) is 0 Å². The number of rotatable bonds is 14. The van der Waals surface area contributed by atoms with Crippen LogP contribution < -0.4 is 30.5 Å². The maximum atomic E-state index is 11.4. The number of anilines is 2. The molecule has 0 atom stereocenters. The number of aryl methyl sites for hydroxylation is 1. The summed E-state index contributed by atoms with van der Waals surface area (Å²) in [6.45, 7) is 10.2. The Morgan fingerprint density at radius 3 is 2.29 bits per heavy atom. The number of aliphatic hydroxyl groups is 1. The first-order valence-corrected chi connectivity index (χ1v) is 18.8. The fourth-order valence-electron chi connectivity index (χ4n) is 5.24. The van der Waals surface area contributed by atoms with Gasteiger partial charge in [-0.15, -0.1) is 11.6 Å². The van der Waals surface area contributed by atoms with Gasteiger partial charge in [-0.25, -0.2) is 4.98 Å². The van der Waals surface area contributed by atoms with Crippen molar-refractivity contribution in [1.29, 1.82) is 0 Å². The number of aldehydes is 2. The Labute approximate surface area is 334 Å². The van der Waals surface area contributed by atoms with Crippen LogP contribution in [0, 0.1) is 6.92 Å². The molecule has 0 aliphatic carbocycles. The number of amides is 1. The van der Waals surface area contributed by atoms with Crippen LogP contribution in [-0.4, -0.2) is 107 Å². The van der Waals surface area contributed by atoms with E-state index >= 15 is 0 Å². The maximum absolute atomic E-state index is 11.4. The minimum atomic E-state index is 0.0289. The van der Waals surface area contributed by atoms with Crippen molar-refractivity contribution in [3.63, 3.8) is 0 Å². The molecule has 13 nitrogen and oxygen atoms in total. The molecular weight excluding hydrogens is 743 g/mol. The average Bonchev–Trinajstić information content (AvgIpc) is 3.85. The van der Waals surface area contributed by atoms with Crippen LogP contribution in [0.3, 0.4) is 0 Å². The summed E-state index contributed by atoms with van der Waals surface area (Å²) in [6, 6.07) is 18.2. The molecule has 15 heteroatoms. The number of halogens is 2. The lowest BCUT2D eigenvalue weighted by atomic mass is 9.97. The standard InChI is InChI=1S/C17H22N2O.C9H9N3O.C7H5FO2.C5H11NO3.C2H6.CH3Cl/c1-12-5-4-6-14-16(20-10-8-18-2)11-15-13(17(12)14)7-9-19(15)3;1-10-7-2-3-9-11-8(6-13)5-12(9)4-7;8-10-7-3-1-6(5-9)2-4-7;7-2-4-9-3-1-6-5-8;2*1-2/h4-6,11,18H,7-10H2,1-3H3;2-6,10H,1H3;1-5H;5,7H,1-4H2,(H,6,8);1-2H3;1H3. The molecule has 1 amide bonds. The lowest BCUT2D eigenvalue weighted by Gasteiger charge is -2.17. The predicted molar refractivity (Wildman–Crippen MR) is 224 cm³/mol. The number of hydrogen-bond donors (Lipinski definition) is 4. The summed E-state index contributed by atoms with van der Waals surface area (Å²) in [5.74, 6) is 1.11. The second-order valence-electron chi connectivity index (χ2n) is 11.4. The number of carbonyl (C=O) groups excluding carboxylic acids is 3. The van der Waals surface area contributed by atoms with Crippen LogP contribution in [0.1, 0.15) is 45.8 Å². The first-order valence-electron chi connectivity index (χ1n) is 18.1. The number of aliphatic hydroxyl groups excluding tert-OH is 1. The number of carbonyl (C=O) groups is 3. The average molecular weight is 799 g/mol. The summed E-state index contributed by atoms with van der Waals surface area (Å²) >= 11 is 4.64. The number of pyridine rings is 1. The highest BCUT2D eigenvalue weighted by atomic mass is 35.5. The van der Waals surface area contributed by atoms with Gasteiger partial charge in [0.2, 0.25) is 6.41 Å². The van der Waals surface area contributed by atoms with Crippen molar-refractivity contribution in [2.75, 3.05) is 83.8 Å². The van der Waals surface area contributed by atoms with E-state index in [4.69, 9.17) is 14.6 Å². The molecule has 3 heterocycles. The molecular formula is C41H56ClFN6O7. The van der Waals surface area contributed by atoms with Gasteiger partial charge in [-0.2, -0.15) is 0 Å². The van der Waals surface area contributed by atoms with Gasteiger partial charge in [-0.1, -0.05) is 32.0 Å². The molecule has 3 aromatic carbocycles. The van der Waals surface area contributed by atoms with Crippen LogP contribution in [0.4, 0.5) is 15.9 Å². The Morgan fingerprint density at radius 1 is 0.946 bits per heavy atom. The number of benzene rings is 3. The van der Waals surface area contributed by atoms with Gasteiger partial charge in [0, 0.05) is 79.7 Å². The van der Waals surface area contributed by atoms with E-state index in [0.717, 1.165) is 42.9 Å². The summed E-state index contributed by atoms with van der Waals surface area (Å²) < 4.78 is 24.0. The van der Waals surface area contributed by atoms with E-state index in [0.29, 0.717) is 50.3 Å². The molecule has 0 spiro atoms. The highest BCUT2D eigenvalue weighted by molar-refractivity contribution is 6.15. The number of likely N-dealkylation sites (N-methyl/N-ethyl adjacent to an activating group) is 2. The molecule has 1 aliphatic heterocycles. The summed E-state index contributed by atoms with van der Waals surface area (Å²) in [4.78, 5) is 39.9. The topological polar surface area (TPSA) is 156 Å². The van der Waals surface area contributed by atoms with E-state index in [-0.39, 0.29) is 12.4 Å². The van der Waals surface area contributed by atoms with Gasteiger partial charge in [-0.05, 0) is 73.3 Å². The molecule has 0 saturated heterocycles. The second-order valence-corrected chi connectivity index (χ2v) is 11.4. The van der Waals surface area contributed by atoms with E-state index in [1.165, 1.54) is 58.2 Å². The van der Waals surface area contributed by atoms with Crippen molar-refractivity contribution >= 4 is 58.4 Å². The van der Waals surface area contributed by atoms with E-state index in [1.54, 1.807) is 6.20 Å². The van der Waals surface area contributed by atoms with Crippen molar-refractivity contribution in [2.24, 2.45) is 0 Å². The molecule has 4 N–H and O–H groups in total. The van der Waals surface area contributed by atoms with Gasteiger partial charge in [0.15, 0.2) is 12.0 Å². The van der Waals surface area contributed by atoms with Crippen LogP contribution in [0.5, 0.6) is 11.5 Å². The van der Waals surface area contributed by atoms with Crippen LogP contribution in [-0.2, 0) is 16.0 Å². The molecule has 0 unspecified atom stereocenters. The lowest BCUT2D eigenvalue weighted by molar-refractivity contribution is -0.109. The number of imidazole rings is 1. The Morgan fingerprint density at radius 2 is 1.68 bits per heavy atom. The molecule has 0 radical (unpaired) electrons. The van der Waals surface area contributed by atoms with Crippen molar-refractivity contribution in [2.45, 2.75) is 27.2 Å². The normalized spacial score (nSPS) is 10.6. The quantitative estimate of drug-likeness (QED) is 0.0568. The Hall–Kier alpha value is -5.28. The minimum Gasteiger partial charge on any atom is -0.492 e. The molecule has 1 aliphatic rings. The zero-order valence-electron chi connectivity index (χ0n) is 33.3. The summed E-state index contributed by atoms with van der Waals surface area (Å²) in [6.07, 6.45) is 8.22. The number of alkyl halides is 1. The highest BCUT2D eigenvalue weighted by Gasteiger charge is 2.22. The van der Waals surface area contributed by atoms with Gasteiger partial charge < -0.3 is 39.8 Å². The van der Waals surface area contributed by atoms with E-state index in [1.807, 2.05) is 50.7 Å². The third kappa shape index (κ3) is 15.8. The molecule has 0 bridgehead atoms. The van der Waals surface area contributed by atoms with Crippen LogP contribution in [0.15, 0.2) is 73.1 Å². The molecule has 5 aromatic rings. The molecule has 0 fully saturated rings. The zero-order valence-corrected chi connectivity index (χ0v) is 34.1. The van der Waals surface area contributed by atoms with Crippen LogP contribution >= 0.6 is 11.6 Å². The molecule has 0 saturated carbocycles.